The molecule has 4 nitrogen and oxygen atoms in total. The van der Waals surface area contributed by atoms with Gasteiger partial charge in [0.2, 0.25) is 0 Å². The highest BCUT2D eigenvalue weighted by Gasteiger charge is 2.30. The molecule has 1 aromatic carbocycles. The van der Waals surface area contributed by atoms with Crippen LogP contribution in [0.2, 0.25) is 0 Å². The Morgan fingerprint density at radius 1 is 1.21 bits per heavy atom. The molecule has 2 N–H and O–H groups in total. The van der Waals surface area contributed by atoms with Crippen molar-refractivity contribution in [3.05, 3.63) is 52.7 Å². The van der Waals surface area contributed by atoms with Crippen LogP contribution >= 0.6 is 0 Å². The first kappa shape index (κ1) is 12.1. The SMILES string of the molecule is Cc1cc(NC2c3ccccc3CC2O)nnc1C. The van der Waals surface area contributed by atoms with E-state index in [4.69, 9.17) is 0 Å². The molecular formula is C15H17N3O. The molecule has 0 spiro atoms. The summed E-state index contributed by atoms with van der Waals surface area (Å²) in [6.45, 7) is 3.94. The number of nitrogens with zero attached hydrogens (tertiary/aromatic N) is 2. The third-order valence-electron chi connectivity index (χ3n) is 3.74. The number of hydrogen-bond acceptors (Lipinski definition) is 4. The highest BCUT2D eigenvalue weighted by Crippen LogP contribution is 2.33. The smallest absolute Gasteiger partial charge is 0.149 e. The Labute approximate surface area is 112 Å². The van der Waals surface area contributed by atoms with Gasteiger partial charge in [-0.3, -0.25) is 0 Å². The summed E-state index contributed by atoms with van der Waals surface area (Å²) in [5.74, 6) is 0.712. The van der Waals surface area contributed by atoms with Crippen molar-refractivity contribution < 1.29 is 5.11 Å². The average Bonchev–Trinajstić information content (AvgIpc) is 2.71. The van der Waals surface area contributed by atoms with Crippen LogP contribution in [0.3, 0.4) is 0 Å². The lowest BCUT2D eigenvalue weighted by Gasteiger charge is -2.18. The summed E-state index contributed by atoms with van der Waals surface area (Å²) in [5.41, 5.74) is 4.37. The molecule has 0 fully saturated rings. The summed E-state index contributed by atoms with van der Waals surface area (Å²) in [6.07, 6.45) is 0.271. The van der Waals surface area contributed by atoms with E-state index < -0.39 is 6.10 Å². The predicted octanol–water partition coefficient (Wildman–Crippen LogP) is 2.16. The van der Waals surface area contributed by atoms with Crippen molar-refractivity contribution >= 4 is 5.82 Å². The summed E-state index contributed by atoms with van der Waals surface area (Å²) < 4.78 is 0. The lowest BCUT2D eigenvalue weighted by Crippen LogP contribution is -2.22. The molecule has 19 heavy (non-hydrogen) atoms. The largest absolute Gasteiger partial charge is 0.390 e. The Balaban J connectivity index is 1.89. The maximum absolute atomic E-state index is 10.2. The van der Waals surface area contributed by atoms with E-state index in [0.717, 1.165) is 16.8 Å². The molecule has 1 aliphatic carbocycles. The van der Waals surface area contributed by atoms with E-state index in [0.29, 0.717) is 12.2 Å². The zero-order chi connectivity index (χ0) is 13.4. The standard InChI is InChI=1S/C15H17N3O/c1-9-7-14(18-17-10(9)2)16-15-12-6-4-3-5-11(12)8-13(15)19/h3-7,13,15,19H,8H2,1-2H3,(H,16,18). The monoisotopic (exact) mass is 255 g/mol. The Kier molecular flexibility index (Phi) is 2.95. The summed E-state index contributed by atoms with van der Waals surface area (Å²) in [6, 6.07) is 9.98. The van der Waals surface area contributed by atoms with Gasteiger partial charge in [-0.05, 0) is 36.6 Å². The summed E-state index contributed by atoms with van der Waals surface area (Å²) in [7, 11) is 0. The van der Waals surface area contributed by atoms with Crippen LogP contribution in [0.5, 0.6) is 0 Å². The van der Waals surface area contributed by atoms with Crippen LogP contribution in [0.15, 0.2) is 30.3 Å². The first-order valence-corrected chi connectivity index (χ1v) is 6.48. The number of nitrogens with one attached hydrogen (secondary N) is 1. The topological polar surface area (TPSA) is 58.0 Å². The van der Waals surface area contributed by atoms with E-state index in [9.17, 15) is 5.11 Å². The second-order valence-electron chi connectivity index (χ2n) is 5.09. The van der Waals surface area contributed by atoms with Crippen LogP contribution < -0.4 is 5.32 Å². The van der Waals surface area contributed by atoms with E-state index >= 15 is 0 Å². The maximum atomic E-state index is 10.2. The molecule has 4 heteroatoms. The molecule has 0 amide bonds. The van der Waals surface area contributed by atoms with Crippen LogP contribution in [-0.4, -0.2) is 21.4 Å². The summed E-state index contributed by atoms with van der Waals surface area (Å²) in [4.78, 5) is 0. The molecular weight excluding hydrogens is 238 g/mol. The lowest BCUT2D eigenvalue weighted by molar-refractivity contribution is 0.165. The molecule has 0 radical (unpaired) electrons. The van der Waals surface area contributed by atoms with Crippen LogP contribution in [0.1, 0.15) is 28.4 Å². The number of hydrogen-bond donors (Lipinski definition) is 2. The van der Waals surface area contributed by atoms with E-state index in [1.165, 1.54) is 5.56 Å². The number of anilines is 1. The van der Waals surface area contributed by atoms with Gasteiger partial charge in [-0.1, -0.05) is 24.3 Å². The van der Waals surface area contributed by atoms with Crippen molar-refractivity contribution in [3.63, 3.8) is 0 Å². The Hall–Kier alpha value is -1.94. The molecule has 3 rings (SSSR count). The first-order chi connectivity index (χ1) is 9.15. The van der Waals surface area contributed by atoms with Gasteiger partial charge < -0.3 is 10.4 Å². The van der Waals surface area contributed by atoms with Crippen molar-refractivity contribution in [1.29, 1.82) is 0 Å². The van der Waals surface area contributed by atoms with Gasteiger partial charge in [-0.2, -0.15) is 5.10 Å². The number of fused-ring (bicyclic) bond motifs is 1. The van der Waals surface area contributed by atoms with E-state index in [1.54, 1.807) is 0 Å². The van der Waals surface area contributed by atoms with Gasteiger partial charge in [-0.15, -0.1) is 5.10 Å². The molecule has 0 saturated carbocycles. The fraction of sp³-hybridized carbons (Fsp3) is 0.333. The second-order valence-corrected chi connectivity index (χ2v) is 5.09. The first-order valence-electron chi connectivity index (χ1n) is 6.48. The number of aromatic nitrogens is 2. The van der Waals surface area contributed by atoms with E-state index in [1.807, 2.05) is 32.0 Å². The minimum atomic E-state index is -0.416. The van der Waals surface area contributed by atoms with Crippen molar-refractivity contribution in [2.24, 2.45) is 0 Å². The third-order valence-corrected chi connectivity index (χ3v) is 3.74. The Morgan fingerprint density at radius 3 is 2.79 bits per heavy atom. The lowest BCUT2D eigenvalue weighted by atomic mass is 10.1. The minimum Gasteiger partial charge on any atom is -0.390 e. The highest BCUT2D eigenvalue weighted by molar-refractivity contribution is 5.45. The quantitative estimate of drug-likeness (QED) is 0.863. The molecule has 1 heterocycles. The van der Waals surface area contributed by atoms with Gasteiger partial charge >= 0.3 is 0 Å². The van der Waals surface area contributed by atoms with Crippen LogP contribution in [0.25, 0.3) is 0 Å². The van der Waals surface area contributed by atoms with Gasteiger partial charge in [0.05, 0.1) is 17.8 Å². The average molecular weight is 255 g/mol. The molecule has 2 aromatic rings. The van der Waals surface area contributed by atoms with Crippen molar-refractivity contribution in [2.45, 2.75) is 32.4 Å². The van der Waals surface area contributed by atoms with Gasteiger partial charge in [0.1, 0.15) is 5.82 Å². The van der Waals surface area contributed by atoms with Crippen molar-refractivity contribution in [3.8, 4) is 0 Å². The summed E-state index contributed by atoms with van der Waals surface area (Å²) >= 11 is 0. The van der Waals surface area contributed by atoms with Gasteiger partial charge in [0, 0.05) is 6.42 Å². The van der Waals surface area contributed by atoms with Crippen molar-refractivity contribution in [2.75, 3.05) is 5.32 Å². The van der Waals surface area contributed by atoms with E-state index in [-0.39, 0.29) is 6.04 Å². The van der Waals surface area contributed by atoms with Crippen LogP contribution in [0.4, 0.5) is 5.82 Å². The number of aryl methyl sites for hydroxylation is 2. The Morgan fingerprint density at radius 2 is 2.00 bits per heavy atom. The molecule has 0 bridgehead atoms. The van der Waals surface area contributed by atoms with Crippen LogP contribution in [-0.2, 0) is 6.42 Å². The molecule has 98 valence electrons. The van der Waals surface area contributed by atoms with Gasteiger partial charge in [-0.25, -0.2) is 0 Å². The number of rotatable bonds is 2. The molecule has 2 unspecified atom stereocenters. The van der Waals surface area contributed by atoms with E-state index in [2.05, 4.69) is 27.6 Å². The number of aliphatic hydroxyl groups is 1. The third kappa shape index (κ3) is 2.19. The fourth-order valence-corrected chi connectivity index (χ4v) is 2.52. The highest BCUT2D eigenvalue weighted by atomic mass is 16.3. The summed E-state index contributed by atoms with van der Waals surface area (Å²) in [5, 5.41) is 21.7. The zero-order valence-corrected chi connectivity index (χ0v) is 11.1. The molecule has 2 atom stereocenters. The van der Waals surface area contributed by atoms with Gasteiger partial charge in [0.15, 0.2) is 0 Å². The number of aliphatic hydroxyl groups excluding tert-OH is 1. The number of benzene rings is 1. The van der Waals surface area contributed by atoms with Crippen LogP contribution in [0, 0.1) is 13.8 Å². The zero-order valence-electron chi connectivity index (χ0n) is 11.1. The maximum Gasteiger partial charge on any atom is 0.149 e. The van der Waals surface area contributed by atoms with Crippen molar-refractivity contribution in [1.82, 2.24) is 10.2 Å². The normalized spacial score (nSPS) is 21.2. The Bertz CT molecular complexity index is 612. The molecule has 0 aliphatic heterocycles. The molecule has 1 aliphatic rings. The minimum absolute atomic E-state index is 0.104. The van der Waals surface area contributed by atoms with Gasteiger partial charge in [0.25, 0.3) is 0 Å². The fourth-order valence-electron chi connectivity index (χ4n) is 2.52. The molecule has 1 aromatic heterocycles. The molecule has 0 saturated heterocycles. The second kappa shape index (κ2) is 4.63. The predicted molar refractivity (Wildman–Crippen MR) is 74.0 cm³/mol.